The number of methoxy groups -OCH3 is 1. The van der Waals surface area contributed by atoms with Crippen LogP contribution in [0, 0.1) is 0 Å². The molecule has 5 nitrogen and oxygen atoms in total. The van der Waals surface area contributed by atoms with E-state index in [0.29, 0.717) is 0 Å². The minimum absolute atomic E-state index is 0.785. The molecule has 18 heavy (non-hydrogen) atoms. The van der Waals surface area contributed by atoms with Crippen LogP contribution in [0.25, 0.3) is 0 Å². The van der Waals surface area contributed by atoms with Crippen LogP contribution in [0.4, 0.5) is 0 Å². The summed E-state index contributed by atoms with van der Waals surface area (Å²) in [5, 5.41) is 11.1. The molecule has 0 unspecified atom stereocenters. The van der Waals surface area contributed by atoms with Gasteiger partial charge in [0.15, 0.2) is 0 Å². The van der Waals surface area contributed by atoms with Crippen LogP contribution in [0.3, 0.4) is 0 Å². The molecule has 5 heteroatoms. The summed E-state index contributed by atoms with van der Waals surface area (Å²) >= 11 is 0. The fraction of sp³-hybridized carbons (Fsp3) is 0.385. The van der Waals surface area contributed by atoms with Crippen LogP contribution in [-0.4, -0.2) is 28.6 Å². The predicted octanol–water partition coefficient (Wildman–Crippen LogP) is 1.16. The van der Waals surface area contributed by atoms with Crippen molar-refractivity contribution in [1.82, 2.24) is 20.3 Å². The van der Waals surface area contributed by atoms with E-state index in [-0.39, 0.29) is 0 Å². The highest BCUT2D eigenvalue weighted by Crippen LogP contribution is 2.12. The number of nitrogens with zero attached hydrogens (tertiary/aromatic N) is 3. The average molecular weight is 246 g/mol. The van der Waals surface area contributed by atoms with E-state index in [4.69, 9.17) is 4.74 Å². The van der Waals surface area contributed by atoms with E-state index in [0.717, 1.165) is 31.0 Å². The fourth-order valence-corrected chi connectivity index (χ4v) is 1.75. The second kappa shape index (κ2) is 6.16. The van der Waals surface area contributed by atoms with Gasteiger partial charge in [-0.1, -0.05) is 17.3 Å². The van der Waals surface area contributed by atoms with Gasteiger partial charge in [0.05, 0.1) is 19.0 Å². The van der Waals surface area contributed by atoms with Gasteiger partial charge in [-0.2, -0.15) is 0 Å². The number of nitrogens with one attached hydrogen (secondary N) is 1. The van der Waals surface area contributed by atoms with Crippen molar-refractivity contribution in [2.24, 2.45) is 7.05 Å². The summed E-state index contributed by atoms with van der Waals surface area (Å²) in [6.45, 7) is 1.70. The Labute approximate surface area is 107 Å². The zero-order valence-electron chi connectivity index (χ0n) is 10.8. The van der Waals surface area contributed by atoms with E-state index in [1.165, 1.54) is 5.56 Å². The molecule has 0 bridgehead atoms. The lowest BCUT2D eigenvalue weighted by atomic mass is 10.1. The first-order valence-electron chi connectivity index (χ1n) is 5.97. The molecule has 96 valence electrons. The van der Waals surface area contributed by atoms with Crippen LogP contribution in [0.15, 0.2) is 30.5 Å². The van der Waals surface area contributed by atoms with Crippen molar-refractivity contribution in [3.63, 3.8) is 0 Å². The average Bonchev–Trinajstić information content (AvgIpc) is 2.81. The number of hydrogen-bond donors (Lipinski definition) is 1. The van der Waals surface area contributed by atoms with Crippen LogP contribution in [-0.2, 0) is 20.0 Å². The molecule has 0 saturated carbocycles. The quantitative estimate of drug-likeness (QED) is 0.777. The van der Waals surface area contributed by atoms with E-state index in [2.05, 4.69) is 27.8 Å². The second-order valence-corrected chi connectivity index (χ2v) is 4.13. The Hall–Kier alpha value is -1.88. The molecule has 0 amide bonds. The molecule has 2 aromatic rings. The number of benzene rings is 1. The molecule has 0 fully saturated rings. The highest BCUT2D eigenvalue weighted by Gasteiger charge is 1.99. The monoisotopic (exact) mass is 246 g/mol. The van der Waals surface area contributed by atoms with Gasteiger partial charge < -0.3 is 10.1 Å². The van der Waals surface area contributed by atoms with Gasteiger partial charge in [0, 0.05) is 13.6 Å². The first-order valence-corrected chi connectivity index (χ1v) is 5.97. The fourth-order valence-electron chi connectivity index (χ4n) is 1.75. The number of aromatic nitrogens is 3. The molecular weight excluding hydrogens is 228 g/mol. The number of ether oxygens (including phenoxy) is 1. The Bertz CT molecular complexity index is 495. The Kier molecular flexibility index (Phi) is 4.30. The molecule has 1 aromatic carbocycles. The van der Waals surface area contributed by atoms with Gasteiger partial charge in [-0.25, -0.2) is 0 Å². The van der Waals surface area contributed by atoms with Gasteiger partial charge in [-0.15, -0.1) is 5.10 Å². The summed E-state index contributed by atoms with van der Waals surface area (Å²) in [5.74, 6) is 0.906. The number of hydrogen-bond acceptors (Lipinski definition) is 4. The third-order valence-corrected chi connectivity index (χ3v) is 2.84. The van der Waals surface area contributed by atoms with Crippen LogP contribution in [0.2, 0.25) is 0 Å². The van der Waals surface area contributed by atoms with Crippen molar-refractivity contribution in [3.8, 4) is 5.75 Å². The van der Waals surface area contributed by atoms with Crippen LogP contribution in [0.5, 0.6) is 5.75 Å². The van der Waals surface area contributed by atoms with E-state index in [1.807, 2.05) is 19.2 Å². The zero-order chi connectivity index (χ0) is 12.8. The molecule has 0 aliphatic heterocycles. The molecule has 0 radical (unpaired) electrons. The molecule has 0 atom stereocenters. The molecule has 1 N–H and O–H groups in total. The van der Waals surface area contributed by atoms with Gasteiger partial charge in [-0.3, -0.25) is 4.68 Å². The third-order valence-electron chi connectivity index (χ3n) is 2.84. The van der Waals surface area contributed by atoms with Gasteiger partial charge in [0.25, 0.3) is 0 Å². The van der Waals surface area contributed by atoms with E-state index in [1.54, 1.807) is 18.0 Å². The largest absolute Gasteiger partial charge is 0.497 e. The SMILES string of the molecule is COc1cccc(CCNCc2cnnn2C)c1. The molecule has 0 spiro atoms. The van der Waals surface area contributed by atoms with E-state index < -0.39 is 0 Å². The van der Waals surface area contributed by atoms with Crippen molar-refractivity contribution < 1.29 is 4.74 Å². The molecule has 0 aliphatic carbocycles. The second-order valence-electron chi connectivity index (χ2n) is 4.13. The van der Waals surface area contributed by atoms with E-state index in [9.17, 15) is 0 Å². The number of aryl methyl sites for hydroxylation is 1. The first-order chi connectivity index (χ1) is 8.79. The Morgan fingerprint density at radius 1 is 1.39 bits per heavy atom. The van der Waals surface area contributed by atoms with Crippen LogP contribution in [0.1, 0.15) is 11.3 Å². The van der Waals surface area contributed by atoms with Crippen molar-refractivity contribution in [2.45, 2.75) is 13.0 Å². The van der Waals surface area contributed by atoms with Crippen molar-refractivity contribution in [1.29, 1.82) is 0 Å². The minimum atomic E-state index is 0.785. The summed E-state index contributed by atoms with van der Waals surface area (Å²) in [6.07, 6.45) is 2.75. The Morgan fingerprint density at radius 3 is 3.00 bits per heavy atom. The van der Waals surface area contributed by atoms with Crippen molar-refractivity contribution in [3.05, 3.63) is 41.7 Å². The van der Waals surface area contributed by atoms with Gasteiger partial charge in [0.2, 0.25) is 0 Å². The standard InChI is InChI=1S/C13H18N4O/c1-17-12(10-15-16-17)9-14-7-6-11-4-3-5-13(8-11)18-2/h3-5,8,10,14H,6-7,9H2,1-2H3. The van der Waals surface area contributed by atoms with Gasteiger partial charge in [0.1, 0.15) is 5.75 Å². The Morgan fingerprint density at radius 2 is 2.28 bits per heavy atom. The maximum absolute atomic E-state index is 5.20. The summed E-state index contributed by atoms with van der Waals surface area (Å²) < 4.78 is 6.97. The predicted molar refractivity (Wildman–Crippen MR) is 69.4 cm³/mol. The number of rotatable bonds is 6. The highest BCUT2D eigenvalue weighted by molar-refractivity contribution is 5.28. The summed E-state index contributed by atoms with van der Waals surface area (Å²) in [4.78, 5) is 0. The lowest BCUT2D eigenvalue weighted by Gasteiger charge is -2.06. The van der Waals surface area contributed by atoms with Gasteiger partial charge in [-0.05, 0) is 30.7 Å². The summed E-state index contributed by atoms with van der Waals surface area (Å²) in [7, 11) is 3.58. The maximum Gasteiger partial charge on any atom is 0.119 e. The molecule has 2 rings (SSSR count). The Balaban J connectivity index is 1.76. The summed E-state index contributed by atoms with van der Waals surface area (Å²) in [5.41, 5.74) is 2.35. The highest BCUT2D eigenvalue weighted by atomic mass is 16.5. The topological polar surface area (TPSA) is 52.0 Å². The smallest absolute Gasteiger partial charge is 0.119 e. The zero-order valence-corrected chi connectivity index (χ0v) is 10.8. The van der Waals surface area contributed by atoms with Gasteiger partial charge >= 0.3 is 0 Å². The normalized spacial score (nSPS) is 10.6. The lowest BCUT2D eigenvalue weighted by Crippen LogP contribution is -2.18. The molecular formula is C13H18N4O. The third kappa shape index (κ3) is 3.30. The maximum atomic E-state index is 5.20. The van der Waals surface area contributed by atoms with Crippen molar-refractivity contribution in [2.75, 3.05) is 13.7 Å². The van der Waals surface area contributed by atoms with E-state index >= 15 is 0 Å². The molecule has 0 saturated heterocycles. The molecule has 1 aromatic heterocycles. The molecule has 1 heterocycles. The van der Waals surface area contributed by atoms with Crippen LogP contribution < -0.4 is 10.1 Å². The van der Waals surface area contributed by atoms with Crippen molar-refractivity contribution >= 4 is 0 Å². The first kappa shape index (κ1) is 12.6. The van der Waals surface area contributed by atoms with Crippen LogP contribution >= 0.6 is 0 Å². The lowest BCUT2D eigenvalue weighted by molar-refractivity contribution is 0.414. The summed E-state index contributed by atoms with van der Waals surface area (Å²) in [6, 6.07) is 8.14. The minimum Gasteiger partial charge on any atom is -0.497 e. The molecule has 0 aliphatic rings.